The van der Waals surface area contributed by atoms with Crippen molar-refractivity contribution in [2.24, 2.45) is 0 Å². The van der Waals surface area contributed by atoms with E-state index < -0.39 is 0 Å². The zero-order chi connectivity index (χ0) is 14.3. The third-order valence-corrected chi connectivity index (χ3v) is 3.58. The van der Waals surface area contributed by atoms with Crippen LogP contribution in [0, 0.1) is 11.8 Å². The van der Waals surface area contributed by atoms with Gasteiger partial charge in [-0.25, -0.2) is 0 Å². The van der Waals surface area contributed by atoms with Crippen LogP contribution in [0.1, 0.15) is 0 Å². The van der Waals surface area contributed by atoms with Crippen molar-refractivity contribution in [1.82, 2.24) is 4.90 Å². The minimum Gasteiger partial charge on any atom is -0.480 e. The second-order valence-electron chi connectivity index (χ2n) is 5.01. The summed E-state index contributed by atoms with van der Waals surface area (Å²) in [6, 6.07) is 14.3. The van der Waals surface area contributed by atoms with Gasteiger partial charge in [0.05, 0.1) is 19.8 Å². The van der Waals surface area contributed by atoms with E-state index in [1.807, 2.05) is 24.3 Å². The Labute approximate surface area is 137 Å². The average Bonchev–Trinajstić information content (AvgIpc) is 2.56. The normalized spacial score (nSPS) is 14.7. The van der Waals surface area contributed by atoms with Crippen LogP contribution in [-0.4, -0.2) is 44.4 Å². The molecular formula is C18H20ClNO2. The van der Waals surface area contributed by atoms with Crippen molar-refractivity contribution in [1.29, 1.82) is 0 Å². The highest BCUT2D eigenvalue weighted by molar-refractivity contribution is 5.88. The first-order valence-corrected chi connectivity index (χ1v) is 7.30. The average molecular weight is 318 g/mol. The summed E-state index contributed by atoms with van der Waals surface area (Å²) in [6.45, 7) is 4.79. The van der Waals surface area contributed by atoms with Crippen LogP contribution in [-0.2, 0) is 4.74 Å². The van der Waals surface area contributed by atoms with E-state index in [0.29, 0.717) is 6.61 Å². The van der Waals surface area contributed by atoms with E-state index >= 15 is 0 Å². The van der Waals surface area contributed by atoms with Crippen LogP contribution in [0.4, 0.5) is 0 Å². The molecule has 1 aliphatic heterocycles. The number of morpholine rings is 1. The second-order valence-corrected chi connectivity index (χ2v) is 5.01. The highest BCUT2D eigenvalue weighted by atomic mass is 35.5. The number of fused-ring (bicyclic) bond motifs is 1. The van der Waals surface area contributed by atoms with Crippen LogP contribution in [0.3, 0.4) is 0 Å². The van der Waals surface area contributed by atoms with E-state index in [0.717, 1.165) is 44.0 Å². The van der Waals surface area contributed by atoms with Gasteiger partial charge in [0.2, 0.25) is 0 Å². The fourth-order valence-electron chi connectivity index (χ4n) is 2.41. The predicted octanol–water partition coefficient (Wildman–Crippen LogP) is 2.98. The van der Waals surface area contributed by atoms with Crippen molar-refractivity contribution in [2.75, 3.05) is 39.5 Å². The molecule has 0 radical (unpaired) electrons. The lowest BCUT2D eigenvalue weighted by Crippen LogP contribution is -2.36. The largest absolute Gasteiger partial charge is 0.480 e. The summed E-state index contributed by atoms with van der Waals surface area (Å²) in [6.07, 6.45) is 0. The van der Waals surface area contributed by atoms with Crippen LogP contribution in [0.25, 0.3) is 10.8 Å². The van der Waals surface area contributed by atoms with Crippen molar-refractivity contribution in [3.8, 4) is 17.6 Å². The Morgan fingerprint density at radius 1 is 1.00 bits per heavy atom. The summed E-state index contributed by atoms with van der Waals surface area (Å²) in [4.78, 5) is 2.30. The quantitative estimate of drug-likeness (QED) is 0.812. The summed E-state index contributed by atoms with van der Waals surface area (Å²) in [5, 5.41) is 2.33. The standard InChI is InChI=1S/C18H19NO2.ClH/c1-2-8-17-16(6-1)7-5-9-18(17)21-13-4-3-10-19-11-14-20-15-12-19;/h1-2,5-9H,10-15H2;1H. The number of nitrogens with zero attached hydrogens (tertiary/aromatic N) is 1. The van der Waals surface area contributed by atoms with Gasteiger partial charge >= 0.3 is 0 Å². The molecule has 0 unspecified atom stereocenters. The van der Waals surface area contributed by atoms with E-state index in [9.17, 15) is 0 Å². The molecule has 2 aromatic rings. The van der Waals surface area contributed by atoms with Gasteiger partial charge in [0.15, 0.2) is 0 Å². The first-order chi connectivity index (χ1) is 10.4. The lowest BCUT2D eigenvalue weighted by Gasteiger charge is -2.24. The molecule has 4 heteroatoms. The Balaban J connectivity index is 0.00000176. The topological polar surface area (TPSA) is 21.7 Å². The Hall–Kier alpha value is -1.73. The van der Waals surface area contributed by atoms with Gasteiger partial charge in [-0.3, -0.25) is 4.90 Å². The first kappa shape index (κ1) is 16.6. The molecule has 1 saturated heterocycles. The second kappa shape index (κ2) is 8.65. The molecule has 0 N–H and O–H groups in total. The van der Waals surface area contributed by atoms with E-state index in [2.05, 4.69) is 34.9 Å². The molecule has 116 valence electrons. The Morgan fingerprint density at radius 2 is 1.77 bits per heavy atom. The fourth-order valence-corrected chi connectivity index (χ4v) is 2.41. The van der Waals surface area contributed by atoms with Crippen LogP contribution >= 0.6 is 12.4 Å². The third-order valence-electron chi connectivity index (χ3n) is 3.58. The minimum absolute atomic E-state index is 0. The predicted molar refractivity (Wildman–Crippen MR) is 91.7 cm³/mol. The highest BCUT2D eigenvalue weighted by Crippen LogP contribution is 2.24. The number of hydrogen-bond donors (Lipinski definition) is 0. The molecule has 1 aliphatic rings. The van der Waals surface area contributed by atoms with Crippen molar-refractivity contribution >= 4 is 23.2 Å². The van der Waals surface area contributed by atoms with Gasteiger partial charge < -0.3 is 9.47 Å². The molecule has 2 aromatic carbocycles. The van der Waals surface area contributed by atoms with E-state index in [1.54, 1.807) is 0 Å². The van der Waals surface area contributed by atoms with Crippen molar-refractivity contribution in [3.05, 3.63) is 42.5 Å². The van der Waals surface area contributed by atoms with Gasteiger partial charge in [0.1, 0.15) is 12.4 Å². The van der Waals surface area contributed by atoms with Gasteiger partial charge in [-0.1, -0.05) is 48.2 Å². The van der Waals surface area contributed by atoms with Crippen molar-refractivity contribution < 1.29 is 9.47 Å². The molecule has 0 aliphatic carbocycles. The lowest BCUT2D eigenvalue weighted by atomic mass is 10.1. The van der Waals surface area contributed by atoms with E-state index in [1.165, 1.54) is 5.39 Å². The Morgan fingerprint density at radius 3 is 2.64 bits per heavy atom. The molecule has 0 atom stereocenters. The van der Waals surface area contributed by atoms with Gasteiger partial charge in [-0.15, -0.1) is 12.4 Å². The van der Waals surface area contributed by atoms with E-state index in [-0.39, 0.29) is 12.4 Å². The van der Waals surface area contributed by atoms with E-state index in [4.69, 9.17) is 9.47 Å². The SMILES string of the molecule is C(#CCN1CCOCC1)COc1cccc2ccccc12.Cl. The molecule has 3 nitrogen and oxygen atoms in total. The molecule has 0 bridgehead atoms. The molecule has 0 amide bonds. The number of benzene rings is 2. The molecule has 0 saturated carbocycles. The smallest absolute Gasteiger partial charge is 0.149 e. The number of rotatable bonds is 3. The number of ether oxygens (including phenoxy) is 2. The summed E-state index contributed by atoms with van der Waals surface area (Å²) >= 11 is 0. The summed E-state index contributed by atoms with van der Waals surface area (Å²) in [5.74, 6) is 7.16. The van der Waals surface area contributed by atoms with Crippen LogP contribution in [0.5, 0.6) is 5.75 Å². The van der Waals surface area contributed by atoms with Crippen LogP contribution in [0.2, 0.25) is 0 Å². The van der Waals surface area contributed by atoms with Gasteiger partial charge in [0, 0.05) is 18.5 Å². The van der Waals surface area contributed by atoms with Gasteiger partial charge in [-0.05, 0) is 11.5 Å². The third kappa shape index (κ3) is 4.38. The zero-order valence-corrected chi connectivity index (χ0v) is 13.3. The monoisotopic (exact) mass is 317 g/mol. The number of halogens is 1. The molecule has 3 rings (SSSR count). The maximum Gasteiger partial charge on any atom is 0.149 e. The van der Waals surface area contributed by atoms with Gasteiger partial charge in [0.25, 0.3) is 0 Å². The molecule has 0 spiro atoms. The summed E-state index contributed by atoms with van der Waals surface area (Å²) < 4.78 is 11.1. The van der Waals surface area contributed by atoms with Crippen molar-refractivity contribution in [2.45, 2.75) is 0 Å². The molecule has 22 heavy (non-hydrogen) atoms. The lowest BCUT2D eigenvalue weighted by molar-refractivity contribution is 0.0443. The molecule has 1 fully saturated rings. The van der Waals surface area contributed by atoms with Crippen LogP contribution in [0.15, 0.2) is 42.5 Å². The van der Waals surface area contributed by atoms with Gasteiger partial charge in [-0.2, -0.15) is 0 Å². The molecule has 0 aromatic heterocycles. The Bertz CT molecular complexity index is 651. The molecule has 1 heterocycles. The number of hydrogen-bond acceptors (Lipinski definition) is 3. The highest BCUT2D eigenvalue weighted by Gasteiger charge is 2.07. The summed E-state index contributed by atoms with van der Waals surface area (Å²) in [7, 11) is 0. The van der Waals surface area contributed by atoms with Crippen LogP contribution < -0.4 is 4.74 Å². The molecular weight excluding hydrogens is 298 g/mol. The first-order valence-electron chi connectivity index (χ1n) is 7.30. The fraction of sp³-hybridized carbons (Fsp3) is 0.333. The maximum atomic E-state index is 5.79. The minimum atomic E-state index is 0. The Kier molecular flexibility index (Phi) is 6.54. The summed E-state index contributed by atoms with van der Waals surface area (Å²) in [5.41, 5.74) is 0. The zero-order valence-electron chi connectivity index (χ0n) is 12.5. The maximum absolute atomic E-state index is 5.79. The van der Waals surface area contributed by atoms with Crippen molar-refractivity contribution in [3.63, 3.8) is 0 Å².